The highest BCUT2D eigenvalue weighted by molar-refractivity contribution is 6.16. The van der Waals surface area contributed by atoms with Crippen LogP contribution in [0.25, 0.3) is 11.0 Å². The van der Waals surface area contributed by atoms with E-state index in [9.17, 15) is 4.39 Å². The van der Waals surface area contributed by atoms with Crippen molar-refractivity contribution in [3.63, 3.8) is 0 Å². The summed E-state index contributed by atoms with van der Waals surface area (Å²) in [5.41, 5.74) is 2.16. The molecule has 3 nitrogen and oxygen atoms in total. The van der Waals surface area contributed by atoms with E-state index in [0.29, 0.717) is 36.7 Å². The van der Waals surface area contributed by atoms with Gasteiger partial charge in [0, 0.05) is 19.2 Å². The fourth-order valence-corrected chi connectivity index (χ4v) is 2.16. The highest BCUT2D eigenvalue weighted by atomic mass is 35.5. The summed E-state index contributed by atoms with van der Waals surface area (Å²) >= 11 is 5.88. The Kier molecular flexibility index (Phi) is 4.19. The Morgan fingerprint density at radius 2 is 2.22 bits per heavy atom. The second-order valence-corrected chi connectivity index (χ2v) is 4.37. The van der Waals surface area contributed by atoms with E-state index in [2.05, 4.69) is 4.98 Å². The maximum absolute atomic E-state index is 13.5. The maximum Gasteiger partial charge on any atom is 0.128 e. The largest absolute Gasteiger partial charge is 0.380 e. The first-order chi connectivity index (χ1) is 8.67. The van der Waals surface area contributed by atoms with Crippen LogP contribution in [0.4, 0.5) is 4.39 Å². The van der Waals surface area contributed by atoms with Crippen molar-refractivity contribution in [2.24, 2.45) is 0 Å². The van der Waals surface area contributed by atoms with Gasteiger partial charge in [0.15, 0.2) is 0 Å². The van der Waals surface area contributed by atoms with Gasteiger partial charge in [-0.3, -0.25) is 0 Å². The van der Waals surface area contributed by atoms with E-state index in [-0.39, 0.29) is 5.82 Å². The van der Waals surface area contributed by atoms with Gasteiger partial charge in [-0.25, -0.2) is 9.37 Å². The number of halogens is 2. The lowest BCUT2D eigenvalue weighted by atomic mass is 10.2. The summed E-state index contributed by atoms with van der Waals surface area (Å²) in [6, 6.07) is 3.26. The summed E-state index contributed by atoms with van der Waals surface area (Å²) in [7, 11) is 0. The van der Waals surface area contributed by atoms with Gasteiger partial charge in [-0.1, -0.05) is 0 Å². The zero-order valence-electron chi connectivity index (χ0n) is 10.5. The van der Waals surface area contributed by atoms with E-state index in [1.54, 1.807) is 13.0 Å². The molecule has 0 aliphatic rings. The van der Waals surface area contributed by atoms with Crippen LogP contribution in [0.2, 0.25) is 0 Å². The van der Waals surface area contributed by atoms with Crippen LogP contribution in [0.15, 0.2) is 12.1 Å². The van der Waals surface area contributed by atoms with Crippen LogP contribution < -0.4 is 0 Å². The number of hydrogen-bond acceptors (Lipinski definition) is 2. The zero-order valence-corrected chi connectivity index (χ0v) is 11.3. The van der Waals surface area contributed by atoms with Crippen molar-refractivity contribution < 1.29 is 9.13 Å². The molecule has 0 spiro atoms. The smallest absolute Gasteiger partial charge is 0.128 e. The minimum Gasteiger partial charge on any atom is -0.380 e. The number of imidazole rings is 1. The normalized spacial score (nSPS) is 11.3. The molecule has 5 heteroatoms. The minimum atomic E-state index is -0.238. The fraction of sp³-hybridized carbons (Fsp3) is 0.462. The first kappa shape index (κ1) is 13.3. The summed E-state index contributed by atoms with van der Waals surface area (Å²) in [5, 5.41) is 0. The van der Waals surface area contributed by atoms with Crippen molar-refractivity contribution in [1.82, 2.24) is 9.55 Å². The molecule has 0 saturated heterocycles. The maximum atomic E-state index is 13.5. The number of rotatable bonds is 5. The molecule has 0 saturated carbocycles. The van der Waals surface area contributed by atoms with Crippen LogP contribution in [0, 0.1) is 12.7 Å². The number of hydrogen-bond donors (Lipinski definition) is 0. The Balaban J connectivity index is 2.44. The molecule has 0 N–H and O–H groups in total. The predicted molar refractivity (Wildman–Crippen MR) is 70.5 cm³/mol. The molecular formula is C13H16ClFN2O. The van der Waals surface area contributed by atoms with Gasteiger partial charge in [0.2, 0.25) is 0 Å². The molecule has 0 unspecified atom stereocenters. The second-order valence-electron chi connectivity index (χ2n) is 4.10. The first-order valence-corrected chi connectivity index (χ1v) is 6.49. The average Bonchev–Trinajstić information content (AvgIpc) is 2.68. The third kappa shape index (κ3) is 2.49. The Labute approximate surface area is 111 Å². The van der Waals surface area contributed by atoms with E-state index in [1.165, 1.54) is 6.07 Å². The number of nitrogens with zero attached hydrogens (tertiary/aromatic N) is 2. The van der Waals surface area contributed by atoms with Crippen LogP contribution >= 0.6 is 11.6 Å². The highest BCUT2D eigenvalue weighted by Gasteiger charge is 2.12. The summed E-state index contributed by atoms with van der Waals surface area (Å²) in [5.74, 6) is 0.816. The summed E-state index contributed by atoms with van der Waals surface area (Å²) in [6.07, 6.45) is 0. The van der Waals surface area contributed by atoms with Gasteiger partial charge in [-0.15, -0.1) is 11.6 Å². The Bertz CT molecular complexity index is 553. The molecule has 1 aromatic heterocycles. The summed E-state index contributed by atoms with van der Waals surface area (Å²) in [4.78, 5) is 4.35. The van der Waals surface area contributed by atoms with Gasteiger partial charge >= 0.3 is 0 Å². The number of ether oxygens (including phenoxy) is 1. The van der Waals surface area contributed by atoms with Gasteiger partial charge < -0.3 is 9.30 Å². The molecular weight excluding hydrogens is 255 g/mol. The molecule has 98 valence electrons. The molecule has 18 heavy (non-hydrogen) atoms. The van der Waals surface area contributed by atoms with Crippen molar-refractivity contribution >= 4 is 22.6 Å². The minimum absolute atomic E-state index is 0.238. The quantitative estimate of drug-likeness (QED) is 0.616. The van der Waals surface area contributed by atoms with Crippen LogP contribution in [-0.2, 0) is 17.2 Å². The molecule has 0 aliphatic heterocycles. The number of benzene rings is 1. The van der Waals surface area contributed by atoms with Crippen LogP contribution in [0.3, 0.4) is 0 Å². The molecule has 2 aromatic rings. The fourth-order valence-electron chi connectivity index (χ4n) is 1.95. The molecule has 0 atom stereocenters. The van der Waals surface area contributed by atoms with Gasteiger partial charge in [0.05, 0.1) is 23.5 Å². The molecule has 0 radical (unpaired) electrons. The third-order valence-corrected chi connectivity index (χ3v) is 3.13. The topological polar surface area (TPSA) is 27.1 Å². The number of fused-ring (bicyclic) bond motifs is 1. The lowest BCUT2D eigenvalue weighted by molar-refractivity contribution is 0.139. The standard InChI is InChI=1S/C13H16ClFN2O/c1-3-18-5-4-17-12-6-9(2)10(15)7-11(12)16-13(17)8-14/h6-7H,3-5,8H2,1-2H3. The van der Waals surface area contributed by atoms with Crippen LogP contribution in [-0.4, -0.2) is 22.8 Å². The average molecular weight is 271 g/mol. The lowest BCUT2D eigenvalue weighted by Gasteiger charge is -2.08. The van der Waals surface area contributed by atoms with E-state index < -0.39 is 0 Å². The summed E-state index contributed by atoms with van der Waals surface area (Å²) in [6.45, 7) is 5.65. The summed E-state index contributed by atoms with van der Waals surface area (Å²) < 4.78 is 20.8. The number of alkyl halides is 1. The second kappa shape index (κ2) is 5.67. The molecule has 0 bridgehead atoms. The lowest BCUT2D eigenvalue weighted by Crippen LogP contribution is -2.08. The third-order valence-electron chi connectivity index (χ3n) is 2.89. The Morgan fingerprint density at radius 3 is 2.89 bits per heavy atom. The van der Waals surface area contributed by atoms with Crippen molar-refractivity contribution in [2.75, 3.05) is 13.2 Å². The predicted octanol–water partition coefficient (Wildman–Crippen LogP) is 3.26. The van der Waals surface area contributed by atoms with Gasteiger partial charge in [-0.05, 0) is 25.5 Å². The SMILES string of the molecule is CCOCCn1c(CCl)nc2cc(F)c(C)cc21. The van der Waals surface area contributed by atoms with Crippen LogP contribution in [0.1, 0.15) is 18.3 Å². The first-order valence-electron chi connectivity index (χ1n) is 5.96. The molecule has 0 amide bonds. The molecule has 1 aromatic carbocycles. The number of aromatic nitrogens is 2. The molecule has 1 heterocycles. The van der Waals surface area contributed by atoms with Gasteiger partial charge in [0.1, 0.15) is 11.6 Å². The van der Waals surface area contributed by atoms with E-state index >= 15 is 0 Å². The van der Waals surface area contributed by atoms with Crippen molar-refractivity contribution in [1.29, 1.82) is 0 Å². The molecule has 0 aliphatic carbocycles. The number of aryl methyl sites for hydroxylation is 1. The van der Waals surface area contributed by atoms with Crippen LogP contribution in [0.5, 0.6) is 0 Å². The van der Waals surface area contributed by atoms with Crippen molar-refractivity contribution in [3.05, 3.63) is 29.3 Å². The van der Waals surface area contributed by atoms with E-state index in [4.69, 9.17) is 16.3 Å². The Morgan fingerprint density at radius 1 is 1.44 bits per heavy atom. The zero-order chi connectivity index (χ0) is 13.1. The van der Waals surface area contributed by atoms with Gasteiger partial charge in [0.25, 0.3) is 0 Å². The van der Waals surface area contributed by atoms with Crippen molar-refractivity contribution in [2.45, 2.75) is 26.3 Å². The van der Waals surface area contributed by atoms with E-state index in [1.807, 2.05) is 11.5 Å². The highest BCUT2D eigenvalue weighted by Crippen LogP contribution is 2.21. The monoisotopic (exact) mass is 270 g/mol. The van der Waals surface area contributed by atoms with Gasteiger partial charge in [-0.2, -0.15) is 0 Å². The van der Waals surface area contributed by atoms with E-state index in [0.717, 1.165) is 11.3 Å². The molecule has 2 rings (SSSR count). The Hall–Kier alpha value is -1.13. The molecule has 0 fully saturated rings. The van der Waals surface area contributed by atoms with Crippen molar-refractivity contribution in [3.8, 4) is 0 Å².